The summed E-state index contributed by atoms with van der Waals surface area (Å²) in [6, 6.07) is 0. The third-order valence-electron chi connectivity index (χ3n) is 7.42. The molecule has 0 heterocycles. The predicted octanol–water partition coefficient (Wildman–Crippen LogP) is 6.09. The van der Waals surface area contributed by atoms with Gasteiger partial charge >= 0.3 is 5.97 Å². The number of methoxy groups -OCH3 is 1. The molecule has 0 unspecified atom stereocenters. The van der Waals surface area contributed by atoms with Crippen LogP contribution in [-0.2, 0) is 14.3 Å². The second kappa shape index (κ2) is 9.41. The van der Waals surface area contributed by atoms with E-state index in [-0.39, 0.29) is 16.8 Å². The van der Waals surface area contributed by atoms with Crippen molar-refractivity contribution >= 4 is 5.97 Å². The van der Waals surface area contributed by atoms with Gasteiger partial charge in [0.2, 0.25) is 0 Å². The number of carbonyl (C=O) groups is 1. The van der Waals surface area contributed by atoms with Crippen LogP contribution in [0.15, 0.2) is 23.3 Å². The van der Waals surface area contributed by atoms with E-state index in [1.165, 1.54) is 24.8 Å². The summed E-state index contributed by atoms with van der Waals surface area (Å²) in [5.74, 6) is 1.17. The van der Waals surface area contributed by atoms with E-state index in [2.05, 4.69) is 39.8 Å². The molecule has 1 fully saturated rings. The lowest BCUT2D eigenvalue weighted by atomic mass is 9.51. The molecule has 1 saturated carbocycles. The normalized spacial score (nSPS) is 34.0. The number of carbonyl (C=O) groups excluding carboxylic acids is 1. The van der Waals surface area contributed by atoms with Crippen LogP contribution in [0.25, 0.3) is 0 Å². The number of hydrogen-bond donors (Lipinski definition) is 0. The molecule has 27 heavy (non-hydrogen) atoms. The molecule has 0 radical (unpaired) electrons. The molecule has 154 valence electrons. The molecule has 0 saturated heterocycles. The Balaban J connectivity index is 2.20. The van der Waals surface area contributed by atoms with E-state index in [1.54, 1.807) is 12.7 Å². The summed E-state index contributed by atoms with van der Waals surface area (Å²) in [5, 5.41) is 0. The van der Waals surface area contributed by atoms with Crippen molar-refractivity contribution in [3.8, 4) is 0 Å². The second-order valence-electron chi connectivity index (χ2n) is 9.29. The molecule has 0 aromatic carbocycles. The summed E-state index contributed by atoms with van der Waals surface area (Å²) in [4.78, 5) is 12.3. The summed E-state index contributed by atoms with van der Waals surface area (Å²) in [6.45, 7) is 12.5. The minimum atomic E-state index is -0.0279. The largest absolute Gasteiger partial charge is 0.466 e. The molecule has 0 spiro atoms. The highest BCUT2D eigenvalue weighted by Gasteiger charge is 2.50. The first kappa shape index (κ1) is 22.2. The number of ether oxygens (including phenoxy) is 2. The Kier molecular flexibility index (Phi) is 7.73. The van der Waals surface area contributed by atoms with Gasteiger partial charge in [0.25, 0.3) is 0 Å². The van der Waals surface area contributed by atoms with Crippen LogP contribution in [0.3, 0.4) is 0 Å². The SMILES string of the molecule is CCOC(=O)C[C@@]1(C)CCC=C2[C@@H]1CC[C@@H](C)[C@]2(C)CC/C(C)=C/COC. The number of esters is 1. The predicted molar refractivity (Wildman–Crippen MR) is 112 cm³/mol. The van der Waals surface area contributed by atoms with Crippen LogP contribution in [0, 0.1) is 22.7 Å². The Morgan fingerprint density at radius 2 is 2.07 bits per heavy atom. The minimum absolute atomic E-state index is 0.0279. The molecule has 0 bridgehead atoms. The van der Waals surface area contributed by atoms with Gasteiger partial charge in [-0.2, -0.15) is 0 Å². The molecule has 2 aliphatic carbocycles. The fourth-order valence-electron chi connectivity index (χ4n) is 5.33. The minimum Gasteiger partial charge on any atom is -0.466 e. The first-order chi connectivity index (χ1) is 12.8. The van der Waals surface area contributed by atoms with Gasteiger partial charge < -0.3 is 9.47 Å². The molecule has 3 nitrogen and oxygen atoms in total. The molecule has 3 heteroatoms. The molecular weight excluding hydrogens is 336 g/mol. The van der Waals surface area contributed by atoms with Crippen LogP contribution in [0.5, 0.6) is 0 Å². The van der Waals surface area contributed by atoms with Crippen LogP contribution in [-0.4, -0.2) is 26.3 Å². The van der Waals surface area contributed by atoms with Gasteiger partial charge in [0.1, 0.15) is 0 Å². The Morgan fingerprint density at radius 1 is 1.33 bits per heavy atom. The zero-order valence-corrected chi connectivity index (χ0v) is 18.4. The summed E-state index contributed by atoms with van der Waals surface area (Å²) in [6.07, 6.45) is 12.2. The highest BCUT2D eigenvalue weighted by Crippen LogP contribution is 2.59. The highest BCUT2D eigenvalue weighted by atomic mass is 16.5. The summed E-state index contributed by atoms with van der Waals surface area (Å²) in [5.41, 5.74) is 3.30. The van der Waals surface area contributed by atoms with E-state index in [4.69, 9.17) is 9.47 Å². The molecule has 0 aliphatic heterocycles. The summed E-state index contributed by atoms with van der Waals surface area (Å²) >= 11 is 0. The van der Waals surface area contributed by atoms with Crippen LogP contribution >= 0.6 is 0 Å². The third kappa shape index (κ3) is 5.04. The van der Waals surface area contributed by atoms with Gasteiger partial charge in [0, 0.05) is 7.11 Å². The zero-order valence-electron chi connectivity index (χ0n) is 18.4. The summed E-state index contributed by atoms with van der Waals surface area (Å²) < 4.78 is 10.5. The van der Waals surface area contributed by atoms with E-state index in [0.29, 0.717) is 31.5 Å². The molecular formula is C24H40O3. The number of rotatable bonds is 8. The maximum Gasteiger partial charge on any atom is 0.306 e. The van der Waals surface area contributed by atoms with Crippen LogP contribution in [0.2, 0.25) is 0 Å². The monoisotopic (exact) mass is 376 g/mol. The fraction of sp³-hybridized carbons (Fsp3) is 0.792. The van der Waals surface area contributed by atoms with E-state index in [0.717, 1.165) is 19.3 Å². The van der Waals surface area contributed by atoms with Gasteiger partial charge in [-0.15, -0.1) is 0 Å². The fourth-order valence-corrected chi connectivity index (χ4v) is 5.33. The summed E-state index contributed by atoms with van der Waals surface area (Å²) in [7, 11) is 1.75. The third-order valence-corrected chi connectivity index (χ3v) is 7.42. The van der Waals surface area contributed by atoms with Crippen molar-refractivity contribution in [2.45, 2.75) is 79.6 Å². The molecule has 0 aromatic heterocycles. The molecule has 2 aliphatic rings. The van der Waals surface area contributed by atoms with Gasteiger partial charge in [-0.25, -0.2) is 0 Å². The maximum atomic E-state index is 12.3. The van der Waals surface area contributed by atoms with E-state index in [9.17, 15) is 4.79 Å². The number of allylic oxidation sites excluding steroid dienone is 3. The Labute approximate surface area is 166 Å². The van der Waals surface area contributed by atoms with Crippen molar-refractivity contribution in [1.82, 2.24) is 0 Å². The van der Waals surface area contributed by atoms with Crippen molar-refractivity contribution in [3.63, 3.8) is 0 Å². The topological polar surface area (TPSA) is 35.5 Å². The van der Waals surface area contributed by atoms with E-state index < -0.39 is 0 Å². The van der Waals surface area contributed by atoms with E-state index >= 15 is 0 Å². The lowest BCUT2D eigenvalue weighted by Crippen LogP contribution is -2.45. The first-order valence-corrected chi connectivity index (χ1v) is 10.8. The lowest BCUT2D eigenvalue weighted by Gasteiger charge is -2.54. The maximum absolute atomic E-state index is 12.3. The second-order valence-corrected chi connectivity index (χ2v) is 9.29. The number of fused-ring (bicyclic) bond motifs is 1. The Bertz CT molecular complexity index is 576. The van der Waals surface area contributed by atoms with Crippen molar-refractivity contribution in [3.05, 3.63) is 23.3 Å². The van der Waals surface area contributed by atoms with Gasteiger partial charge in [0.05, 0.1) is 19.6 Å². The van der Waals surface area contributed by atoms with Crippen molar-refractivity contribution < 1.29 is 14.3 Å². The quantitative estimate of drug-likeness (QED) is 0.380. The van der Waals surface area contributed by atoms with Crippen LogP contribution in [0.4, 0.5) is 0 Å². The van der Waals surface area contributed by atoms with Crippen molar-refractivity contribution in [1.29, 1.82) is 0 Å². The van der Waals surface area contributed by atoms with Gasteiger partial charge in [-0.1, -0.05) is 44.1 Å². The molecule has 2 rings (SSSR count). The van der Waals surface area contributed by atoms with Crippen molar-refractivity contribution in [2.75, 3.05) is 20.3 Å². The number of hydrogen-bond acceptors (Lipinski definition) is 3. The molecule has 4 atom stereocenters. The van der Waals surface area contributed by atoms with Gasteiger partial charge in [-0.3, -0.25) is 4.79 Å². The Morgan fingerprint density at radius 3 is 2.74 bits per heavy atom. The zero-order chi connectivity index (χ0) is 20.1. The highest BCUT2D eigenvalue weighted by molar-refractivity contribution is 5.70. The van der Waals surface area contributed by atoms with E-state index in [1.807, 2.05) is 6.92 Å². The smallest absolute Gasteiger partial charge is 0.306 e. The molecule has 0 amide bonds. The van der Waals surface area contributed by atoms with Crippen LogP contribution in [0.1, 0.15) is 79.6 Å². The van der Waals surface area contributed by atoms with Gasteiger partial charge in [0.15, 0.2) is 0 Å². The standard InChI is InChI=1S/C24H40O3/c1-7-27-22(25)17-23(4)14-8-9-21-20(23)11-10-19(3)24(21,5)15-12-18(2)13-16-26-6/h9,13,19-20H,7-8,10-12,14-17H2,1-6H3/b18-13+/t19-,20+,23-,24+/m1/s1. The first-order valence-electron chi connectivity index (χ1n) is 10.8. The van der Waals surface area contributed by atoms with Crippen LogP contribution < -0.4 is 0 Å². The van der Waals surface area contributed by atoms with Gasteiger partial charge in [-0.05, 0) is 75.0 Å². The Hall–Kier alpha value is -1.09. The molecule has 0 N–H and O–H groups in total. The average Bonchev–Trinajstić information content (AvgIpc) is 2.62. The lowest BCUT2D eigenvalue weighted by molar-refractivity contribution is -0.147. The van der Waals surface area contributed by atoms with Crippen molar-refractivity contribution in [2.24, 2.45) is 22.7 Å². The molecule has 0 aromatic rings. The average molecular weight is 377 g/mol.